The normalized spacial score (nSPS) is 16.7. The Morgan fingerprint density at radius 3 is 0.752 bits per heavy atom. The van der Waals surface area contributed by atoms with Crippen molar-refractivity contribution in [3.8, 4) is 9.79 Å². The molecule has 4 aliphatic rings. The fourth-order valence-electron chi connectivity index (χ4n) is 13.7. The Morgan fingerprint density at radius 2 is 0.545 bits per heavy atom. The van der Waals surface area contributed by atoms with Crippen LogP contribution >= 0.6 is 20.9 Å². The number of hydrogen-bond acceptors (Lipinski definition) is 16. The average Bonchev–Trinajstić information content (AvgIpc) is 1.20. The molecule has 0 radical (unpaired) electrons. The number of quaternary nitrogens is 1. The van der Waals surface area contributed by atoms with Gasteiger partial charge in [0.1, 0.15) is 6.54 Å². The summed E-state index contributed by atoms with van der Waals surface area (Å²) in [6.45, 7) is 1.10. The van der Waals surface area contributed by atoms with E-state index in [1.54, 1.807) is 0 Å². The number of rotatable bonds is 15. The molecule has 550 valence electrons. The molecule has 101 heavy (non-hydrogen) atoms. The Morgan fingerprint density at radius 1 is 0.337 bits per heavy atom. The molecule has 0 saturated heterocycles. The summed E-state index contributed by atoms with van der Waals surface area (Å²) in [6, 6.07) is 67.4. The van der Waals surface area contributed by atoms with E-state index in [-0.39, 0.29) is 20.9 Å². The molecule has 9 aromatic rings. The topological polar surface area (TPSA) is 271 Å². The number of hydrogen-bond donors (Lipinski definition) is 0. The first kappa shape index (κ1) is 81.2. The van der Waals surface area contributed by atoms with Crippen molar-refractivity contribution in [1.82, 2.24) is 0 Å². The molecule has 2 heterocycles. The Balaban J connectivity index is 0.000000159. The summed E-state index contributed by atoms with van der Waals surface area (Å²) in [5.41, 5.74) is 1.40. The third-order valence-corrected chi connectivity index (χ3v) is 40.7. The van der Waals surface area contributed by atoms with E-state index in [4.69, 9.17) is 5.26 Å². The number of benzene rings is 7. The standard InChI is InChI=1S/2C18H13S.2C14H25O6S3.C10H16N.CH4O4S/c2*1-2-8-14(9-3-1)19-17-12-6-4-10-15(17)16-11-5-7-13-18(16)19;2*1-21(15,16)14(22(17,18)12-8-4-2-5-9-12)23(19,20)13-10-6-3-7-11-13;1-11(2,3)9-10-7-5-4-6-8-10;1-6(3,4)5-2/h2*1-13H;2*12-13H,2-11H2,1H3;4-8H,9H2,1-3H3;2H,1H3/q2*+1;2*-1;+1;/p-1. The van der Waals surface area contributed by atoms with E-state index in [9.17, 15) is 58.9 Å². The number of nitrogens with zero attached hydrogens (tertiary/aromatic N) is 1. The van der Waals surface area contributed by atoms with Crippen LogP contribution in [0.5, 0.6) is 0 Å². The lowest BCUT2D eigenvalue weighted by Crippen LogP contribution is -2.41. The first-order chi connectivity index (χ1) is 47.7. The highest BCUT2D eigenvalue weighted by Crippen LogP contribution is 2.50. The quantitative estimate of drug-likeness (QED) is 0.0303. The highest BCUT2D eigenvalue weighted by molar-refractivity contribution is 8.29. The zero-order valence-corrected chi connectivity index (χ0v) is 65.6. The molecule has 2 aromatic heterocycles. The Hall–Kier alpha value is -5.49. The van der Waals surface area contributed by atoms with Crippen LogP contribution in [0.2, 0.25) is 0 Å². The third-order valence-electron chi connectivity index (χ3n) is 18.1. The summed E-state index contributed by atoms with van der Waals surface area (Å²) in [5.74, 6) is 0. The van der Waals surface area contributed by atoms with Gasteiger partial charge in [0, 0.05) is 89.4 Å². The van der Waals surface area contributed by atoms with Crippen LogP contribution in [0.4, 0.5) is 0 Å². The van der Waals surface area contributed by atoms with E-state index in [0.29, 0.717) is 122 Å². The molecule has 4 fully saturated rings. The molecular formula is C75H95NO16S9. The molecule has 0 N–H and O–H groups in total. The number of thiophene rings is 2. The van der Waals surface area contributed by atoms with Crippen LogP contribution in [0, 0.1) is 7.83 Å². The van der Waals surface area contributed by atoms with Crippen molar-refractivity contribution in [3.05, 3.63) is 201 Å². The molecule has 0 spiro atoms. The smallest absolute Gasteiger partial charge is 0.255 e. The van der Waals surface area contributed by atoms with Gasteiger partial charge < -0.3 is 14.1 Å². The fraction of sp³-hybridized carbons (Fsp3) is 0.413. The van der Waals surface area contributed by atoms with Crippen LogP contribution in [0.25, 0.3) is 50.1 Å². The molecule has 0 bridgehead atoms. The minimum absolute atomic E-state index is 0.0594. The highest BCUT2D eigenvalue weighted by atomic mass is 32.3. The predicted octanol–water partition coefficient (Wildman–Crippen LogP) is 15.5. The maximum absolute atomic E-state index is 12.8. The summed E-state index contributed by atoms with van der Waals surface area (Å²) in [6.07, 6.45) is 13.8. The Bertz CT molecular complexity index is 4540. The van der Waals surface area contributed by atoms with Gasteiger partial charge in [-0.2, -0.15) is 0 Å². The van der Waals surface area contributed by atoms with Gasteiger partial charge in [-0.1, -0.05) is 192 Å². The Kier molecular flexibility index (Phi) is 28.6. The molecule has 4 saturated carbocycles. The van der Waals surface area contributed by atoms with E-state index < -0.39 is 98.0 Å². The lowest BCUT2D eigenvalue weighted by molar-refractivity contribution is -0.884. The lowest BCUT2D eigenvalue weighted by atomic mass is 10.0. The lowest BCUT2D eigenvalue weighted by Gasteiger charge is -2.38. The first-order valence-electron chi connectivity index (χ1n) is 34.1. The zero-order chi connectivity index (χ0) is 73.4. The van der Waals surface area contributed by atoms with Gasteiger partial charge in [-0.05, 0) is 124 Å². The molecule has 0 unspecified atom stereocenters. The third kappa shape index (κ3) is 21.4. The molecule has 13 rings (SSSR count). The fourth-order valence-corrected chi connectivity index (χ4v) is 36.0. The van der Waals surface area contributed by atoms with Gasteiger partial charge >= 0.3 is 0 Å². The zero-order valence-electron chi connectivity index (χ0n) is 58.2. The minimum atomic E-state index is -4.35. The number of fused-ring (bicyclic) bond motifs is 6. The minimum Gasteiger partial charge on any atom is -0.707 e. The summed E-state index contributed by atoms with van der Waals surface area (Å²) >= 11 is 0. The van der Waals surface area contributed by atoms with Crippen molar-refractivity contribution in [1.29, 1.82) is 0 Å². The van der Waals surface area contributed by atoms with E-state index >= 15 is 0 Å². The maximum atomic E-state index is 12.8. The SMILES string of the molecule is CS(=O)(=O)O[O-].CS(=O)(=O)[C-](S(=O)(=O)C1CCCCC1)S(=O)(=O)C1CCCCC1.CS(=O)(=O)[C-](S(=O)(=O)C1CCCCC1)S(=O)(=O)C1CCCCC1.C[N+](C)(C)Cc1ccccc1.c1ccc(-[s+]2c3ccccc3c3ccccc32)cc1.c1ccc(-[s+]2c3ccccc3c3ccccc32)cc1. The van der Waals surface area contributed by atoms with Crippen LogP contribution in [-0.2, 0) is 80.0 Å². The highest BCUT2D eigenvalue weighted by Gasteiger charge is 2.43. The second-order valence-electron chi connectivity index (χ2n) is 27.2. The molecule has 26 heteroatoms. The monoisotopic (exact) mass is 1550 g/mol. The van der Waals surface area contributed by atoms with Crippen LogP contribution in [0.3, 0.4) is 0 Å². The van der Waals surface area contributed by atoms with Gasteiger partial charge in [0.05, 0.1) is 86.4 Å². The Labute approximate surface area is 605 Å². The molecule has 17 nitrogen and oxygen atoms in total. The second-order valence-corrected chi connectivity index (χ2v) is 46.8. The summed E-state index contributed by atoms with van der Waals surface area (Å²) in [4.78, 5) is 2.81. The van der Waals surface area contributed by atoms with E-state index in [2.05, 4.69) is 214 Å². The van der Waals surface area contributed by atoms with Crippen molar-refractivity contribution in [2.45, 2.75) is 156 Å². The van der Waals surface area contributed by atoms with Gasteiger partial charge in [0.15, 0.2) is 28.6 Å². The molecule has 0 atom stereocenters. The van der Waals surface area contributed by atoms with Crippen LogP contribution in [0.15, 0.2) is 188 Å². The van der Waals surface area contributed by atoms with Crippen molar-refractivity contribution >= 4 is 130 Å². The van der Waals surface area contributed by atoms with Crippen LogP contribution in [0.1, 0.15) is 134 Å². The summed E-state index contributed by atoms with van der Waals surface area (Å²) in [7, 11) is -23.1. The largest absolute Gasteiger partial charge is 0.707 e. The molecule has 0 aliphatic heterocycles. The van der Waals surface area contributed by atoms with Gasteiger partial charge in [0.2, 0.25) is 0 Å². The second kappa shape index (κ2) is 35.5. The summed E-state index contributed by atoms with van der Waals surface area (Å²) < 4.78 is 177. The maximum Gasteiger partial charge on any atom is 0.255 e. The van der Waals surface area contributed by atoms with Crippen molar-refractivity contribution in [2.24, 2.45) is 0 Å². The molecule has 7 aromatic carbocycles. The van der Waals surface area contributed by atoms with Crippen molar-refractivity contribution in [2.75, 3.05) is 39.9 Å². The average molecular weight is 1560 g/mol. The molecule has 0 amide bonds. The molecular weight excluding hydrogens is 1460 g/mol. The summed E-state index contributed by atoms with van der Waals surface area (Å²) in [5, 5.41) is 10.9. The van der Waals surface area contributed by atoms with Gasteiger partial charge in [-0.15, -0.1) is 0 Å². The van der Waals surface area contributed by atoms with Crippen molar-refractivity contribution in [3.63, 3.8) is 0 Å². The van der Waals surface area contributed by atoms with E-state index in [1.807, 2.05) is 0 Å². The number of sulfone groups is 6. The molecule has 4 aliphatic carbocycles. The van der Waals surface area contributed by atoms with Gasteiger partial charge in [-0.3, -0.25) is 50.5 Å². The van der Waals surface area contributed by atoms with Gasteiger partial charge in [-0.25, -0.2) is 8.42 Å². The van der Waals surface area contributed by atoms with E-state index in [1.165, 1.54) is 55.7 Å². The first-order valence-corrected chi connectivity index (χ1v) is 48.3. The predicted molar refractivity (Wildman–Crippen MR) is 414 cm³/mol. The van der Waals surface area contributed by atoms with Crippen LogP contribution in [-0.4, -0.2) is 124 Å². The van der Waals surface area contributed by atoms with Crippen molar-refractivity contribution < 1.29 is 73.0 Å². The van der Waals surface area contributed by atoms with Gasteiger partial charge in [0.25, 0.3) is 10.1 Å². The van der Waals surface area contributed by atoms with E-state index in [0.717, 1.165) is 36.7 Å². The van der Waals surface area contributed by atoms with Crippen LogP contribution < -0.4 is 5.26 Å².